The molecule has 0 aromatic heterocycles. The van der Waals surface area contributed by atoms with E-state index in [0.717, 1.165) is 22.8 Å². The number of benzene rings is 2. The van der Waals surface area contributed by atoms with Crippen molar-refractivity contribution in [2.75, 3.05) is 19.5 Å². The quantitative estimate of drug-likeness (QED) is 0.739. The molecule has 0 bridgehead atoms. The molecule has 1 amide bonds. The molecule has 0 saturated carbocycles. The number of amides is 1. The summed E-state index contributed by atoms with van der Waals surface area (Å²) in [6, 6.07) is 15.7. The Balaban J connectivity index is 1.66. The predicted molar refractivity (Wildman–Crippen MR) is 103 cm³/mol. The number of carbonyl (C=O) groups excluding carboxylic acids is 1. The van der Waals surface area contributed by atoms with Gasteiger partial charge in [0, 0.05) is 5.75 Å². The van der Waals surface area contributed by atoms with Crippen molar-refractivity contribution in [3.8, 4) is 11.5 Å². The molecule has 5 heteroatoms. The third-order valence-corrected chi connectivity index (χ3v) is 4.65. The van der Waals surface area contributed by atoms with Crippen molar-refractivity contribution in [3.05, 3.63) is 59.7 Å². The Morgan fingerprint density at radius 1 is 1.16 bits per heavy atom. The van der Waals surface area contributed by atoms with Crippen LogP contribution in [0.2, 0.25) is 0 Å². The number of carbonyl (C=O) groups is 1. The lowest BCUT2D eigenvalue weighted by atomic mass is 10.2. The highest BCUT2D eigenvalue weighted by Gasteiger charge is 2.09. The highest BCUT2D eigenvalue weighted by Crippen LogP contribution is 2.17. The summed E-state index contributed by atoms with van der Waals surface area (Å²) in [5, 5.41) is 2.97. The van der Waals surface area contributed by atoms with Gasteiger partial charge >= 0.3 is 0 Å². The number of methoxy groups -OCH3 is 1. The van der Waals surface area contributed by atoms with Crippen LogP contribution in [0, 0.1) is 6.92 Å². The zero-order chi connectivity index (χ0) is 18.1. The second kappa shape index (κ2) is 9.99. The molecule has 2 rings (SSSR count). The lowest BCUT2D eigenvalue weighted by molar-refractivity contribution is -0.119. The van der Waals surface area contributed by atoms with Gasteiger partial charge in [-0.15, -0.1) is 11.8 Å². The molecule has 0 saturated heterocycles. The second-order valence-corrected chi connectivity index (χ2v) is 6.87. The molecule has 0 aliphatic heterocycles. The number of para-hydroxylation sites is 1. The maximum absolute atomic E-state index is 12.0. The Hall–Kier alpha value is -2.14. The average molecular weight is 359 g/mol. The van der Waals surface area contributed by atoms with Crippen LogP contribution in [-0.4, -0.2) is 31.4 Å². The van der Waals surface area contributed by atoms with Gasteiger partial charge in [0.25, 0.3) is 0 Å². The van der Waals surface area contributed by atoms with E-state index in [9.17, 15) is 4.79 Å². The summed E-state index contributed by atoms with van der Waals surface area (Å²) in [7, 11) is 1.65. The van der Waals surface area contributed by atoms with E-state index in [-0.39, 0.29) is 11.9 Å². The fraction of sp³-hybridized carbons (Fsp3) is 0.350. The topological polar surface area (TPSA) is 47.6 Å². The largest absolute Gasteiger partial charge is 0.497 e. The monoisotopic (exact) mass is 359 g/mol. The first-order valence-corrected chi connectivity index (χ1v) is 9.42. The Kier molecular flexibility index (Phi) is 7.67. The Bertz CT molecular complexity index is 673. The van der Waals surface area contributed by atoms with E-state index in [0.29, 0.717) is 12.4 Å². The molecule has 2 aromatic rings. The van der Waals surface area contributed by atoms with Gasteiger partial charge in [-0.25, -0.2) is 0 Å². The SMILES string of the molecule is COc1ccc(CSCC(=O)N[C@@H](C)COc2ccccc2C)cc1. The average Bonchev–Trinajstić information content (AvgIpc) is 2.61. The Labute approximate surface area is 153 Å². The molecule has 134 valence electrons. The first-order chi connectivity index (χ1) is 12.1. The van der Waals surface area contributed by atoms with Crippen molar-refractivity contribution >= 4 is 17.7 Å². The molecule has 0 fully saturated rings. The van der Waals surface area contributed by atoms with Gasteiger partial charge in [-0.05, 0) is 43.2 Å². The lowest BCUT2D eigenvalue weighted by Crippen LogP contribution is -2.37. The summed E-state index contributed by atoms with van der Waals surface area (Å²) in [6.07, 6.45) is 0. The summed E-state index contributed by atoms with van der Waals surface area (Å²) in [5.41, 5.74) is 2.27. The van der Waals surface area contributed by atoms with E-state index >= 15 is 0 Å². The minimum atomic E-state index is -0.0336. The molecular formula is C20H25NO3S. The van der Waals surface area contributed by atoms with E-state index in [4.69, 9.17) is 9.47 Å². The molecule has 1 atom stereocenters. The smallest absolute Gasteiger partial charge is 0.230 e. The van der Waals surface area contributed by atoms with Crippen LogP contribution >= 0.6 is 11.8 Å². The minimum Gasteiger partial charge on any atom is -0.497 e. The fourth-order valence-electron chi connectivity index (χ4n) is 2.27. The number of ether oxygens (including phenoxy) is 2. The molecule has 0 radical (unpaired) electrons. The predicted octanol–water partition coefficient (Wildman–Crippen LogP) is 3.82. The zero-order valence-corrected chi connectivity index (χ0v) is 15.8. The van der Waals surface area contributed by atoms with Crippen LogP contribution in [0.5, 0.6) is 11.5 Å². The number of aryl methyl sites for hydroxylation is 1. The first kappa shape index (κ1) is 19.2. The van der Waals surface area contributed by atoms with Crippen molar-refractivity contribution in [2.24, 2.45) is 0 Å². The molecule has 0 heterocycles. The van der Waals surface area contributed by atoms with Crippen molar-refractivity contribution in [3.63, 3.8) is 0 Å². The number of thioether (sulfide) groups is 1. The van der Waals surface area contributed by atoms with Gasteiger partial charge in [0.05, 0.1) is 18.9 Å². The summed E-state index contributed by atoms with van der Waals surface area (Å²) >= 11 is 1.59. The van der Waals surface area contributed by atoms with Crippen LogP contribution in [0.4, 0.5) is 0 Å². The van der Waals surface area contributed by atoms with Crippen LogP contribution in [-0.2, 0) is 10.5 Å². The van der Waals surface area contributed by atoms with E-state index < -0.39 is 0 Å². The molecule has 25 heavy (non-hydrogen) atoms. The molecule has 2 aromatic carbocycles. The summed E-state index contributed by atoms with van der Waals surface area (Å²) in [6.45, 7) is 4.42. The molecule has 4 nitrogen and oxygen atoms in total. The zero-order valence-electron chi connectivity index (χ0n) is 15.0. The van der Waals surface area contributed by atoms with E-state index in [2.05, 4.69) is 5.32 Å². The lowest BCUT2D eigenvalue weighted by Gasteiger charge is -2.16. The van der Waals surface area contributed by atoms with Crippen LogP contribution in [0.15, 0.2) is 48.5 Å². The molecule has 0 aliphatic carbocycles. The van der Waals surface area contributed by atoms with E-state index in [1.807, 2.05) is 62.4 Å². The van der Waals surface area contributed by atoms with Crippen molar-refractivity contribution in [1.82, 2.24) is 5.32 Å². The van der Waals surface area contributed by atoms with Gasteiger partial charge in [-0.3, -0.25) is 4.79 Å². The molecule has 0 spiro atoms. The maximum Gasteiger partial charge on any atom is 0.230 e. The van der Waals surface area contributed by atoms with E-state index in [1.165, 1.54) is 5.56 Å². The normalized spacial score (nSPS) is 11.6. The molecule has 0 aliphatic rings. The minimum absolute atomic E-state index is 0.0272. The second-order valence-electron chi connectivity index (χ2n) is 5.89. The van der Waals surface area contributed by atoms with Gasteiger partial charge < -0.3 is 14.8 Å². The van der Waals surface area contributed by atoms with Gasteiger partial charge in [0.2, 0.25) is 5.91 Å². The molecule has 0 unspecified atom stereocenters. The van der Waals surface area contributed by atoms with Crippen LogP contribution < -0.4 is 14.8 Å². The van der Waals surface area contributed by atoms with E-state index in [1.54, 1.807) is 18.9 Å². The fourth-order valence-corrected chi connectivity index (χ4v) is 3.07. The maximum atomic E-state index is 12.0. The van der Waals surface area contributed by atoms with Crippen molar-refractivity contribution in [1.29, 1.82) is 0 Å². The van der Waals surface area contributed by atoms with Gasteiger partial charge in [-0.2, -0.15) is 0 Å². The first-order valence-electron chi connectivity index (χ1n) is 8.27. The molecule has 1 N–H and O–H groups in total. The van der Waals surface area contributed by atoms with Crippen LogP contribution in [0.1, 0.15) is 18.1 Å². The summed E-state index contributed by atoms with van der Waals surface area (Å²) in [5.74, 6) is 2.96. The van der Waals surface area contributed by atoms with Crippen molar-refractivity contribution < 1.29 is 14.3 Å². The number of rotatable bonds is 9. The van der Waals surface area contributed by atoms with Gasteiger partial charge in [-0.1, -0.05) is 30.3 Å². The van der Waals surface area contributed by atoms with Gasteiger partial charge in [0.1, 0.15) is 18.1 Å². The third-order valence-electron chi connectivity index (χ3n) is 3.65. The number of nitrogens with one attached hydrogen (secondary N) is 1. The highest BCUT2D eigenvalue weighted by atomic mass is 32.2. The summed E-state index contributed by atoms with van der Waals surface area (Å²) < 4.78 is 10.9. The van der Waals surface area contributed by atoms with Crippen LogP contribution in [0.25, 0.3) is 0 Å². The number of hydrogen-bond acceptors (Lipinski definition) is 4. The highest BCUT2D eigenvalue weighted by molar-refractivity contribution is 7.99. The molecular weight excluding hydrogens is 334 g/mol. The van der Waals surface area contributed by atoms with Crippen LogP contribution in [0.3, 0.4) is 0 Å². The summed E-state index contributed by atoms with van der Waals surface area (Å²) in [4.78, 5) is 12.0. The Morgan fingerprint density at radius 2 is 1.88 bits per heavy atom. The number of hydrogen-bond donors (Lipinski definition) is 1. The standard InChI is InChI=1S/C20H25NO3S/c1-15-6-4-5-7-19(15)24-12-16(2)21-20(22)14-25-13-17-8-10-18(23-3)11-9-17/h4-11,16H,12-14H2,1-3H3,(H,21,22)/t16-/m0/s1. The van der Waals surface area contributed by atoms with Crippen molar-refractivity contribution in [2.45, 2.75) is 25.6 Å². The Morgan fingerprint density at radius 3 is 2.56 bits per heavy atom. The van der Waals surface area contributed by atoms with Gasteiger partial charge in [0.15, 0.2) is 0 Å². The third kappa shape index (κ3) is 6.70.